The molecule has 3 heterocycles. The molecule has 7 heteroatoms. The first kappa shape index (κ1) is 19.4. The van der Waals surface area contributed by atoms with Gasteiger partial charge in [-0.05, 0) is 49.3 Å². The van der Waals surface area contributed by atoms with Gasteiger partial charge < -0.3 is 4.90 Å². The molecule has 4 fully saturated rings. The Balaban J connectivity index is 1.26. The van der Waals surface area contributed by atoms with Crippen LogP contribution in [0.15, 0.2) is 24.3 Å². The highest BCUT2D eigenvalue weighted by molar-refractivity contribution is 5.82. The fourth-order valence-corrected chi connectivity index (χ4v) is 5.98. The number of nitrogens with zero attached hydrogens (tertiary/aromatic N) is 1. The molecule has 6 unspecified atom stereocenters. The van der Waals surface area contributed by atoms with Crippen LogP contribution >= 0.6 is 0 Å². The van der Waals surface area contributed by atoms with Crippen molar-refractivity contribution in [3.05, 3.63) is 35.6 Å². The fourth-order valence-electron chi connectivity index (χ4n) is 5.98. The summed E-state index contributed by atoms with van der Waals surface area (Å²) in [5, 5.41) is 0. The Kier molecular flexibility index (Phi) is 5.56. The van der Waals surface area contributed by atoms with E-state index in [-0.39, 0.29) is 23.8 Å². The average Bonchev–Trinajstić information content (AvgIpc) is 3.41. The van der Waals surface area contributed by atoms with Crippen LogP contribution in [-0.2, 0) is 4.79 Å². The van der Waals surface area contributed by atoms with Crippen molar-refractivity contribution in [2.24, 2.45) is 11.8 Å². The van der Waals surface area contributed by atoms with E-state index in [9.17, 15) is 9.18 Å². The largest absolute Gasteiger partial charge is 0.341 e. The van der Waals surface area contributed by atoms with Crippen molar-refractivity contribution in [1.82, 2.24) is 26.6 Å². The van der Waals surface area contributed by atoms with E-state index in [1.54, 1.807) is 12.1 Å². The topological polar surface area (TPSA) is 68.4 Å². The SMILES string of the molecule is O=C(C1NNC2CCCCC21)N1CCCC(C2NNCC2c2ccc(F)cc2)C1. The second kappa shape index (κ2) is 8.30. The fraction of sp³-hybridized carbons (Fsp3) is 0.682. The van der Waals surface area contributed by atoms with Crippen LogP contribution in [0, 0.1) is 17.7 Å². The van der Waals surface area contributed by atoms with Gasteiger partial charge in [0.05, 0.1) is 0 Å². The Morgan fingerprint density at radius 2 is 1.83 bits per heavy atom. The quantitative estimate of drug-likeness (QED) is 0.620. The molecule has 6 nitrogen and oxygen atoms in total. The van der Waals surface area contributed by atoms with Crippen LogP contribution < -0.4 is 21.7 Å². The van der Waals surface area contributed by atoms with E-state index >= 15 is 0 Å². The molecule has 0 aromatic heterocycles. The lowest BCUT2D eigenvalue weighted by molar-refractivity contribution is -0.136. The van der Waals surface area contributed by atoms with Gasteiger partial charge in [0.1, 0.15) is 11.9 Å². The Hall–Kier alpha value is -1.54. The van der Waals surface area contributed by atoms with Gasteiger partial charge in [-0.3, -0.25) is 21.1 Å². The zero-order valence-corrected chi connectivity index (χ0v) is 16.9. The Morgan fingerprint density at radius 1 is 1.00 bits per heavy atom. The van der Waals surface area contributed by atoms with Crippen molar-refractivity contribution >= 4 is 5.91 Å². The second-order valence-electron chi connectivity index (χ2n) is 9.22. The molecule has 6 atom stereocenters. The van der Waals surface area contributed by atoms with Gasteiger partial charge in [0.15, 0.2) is 0 Å². The van der Waals surface area contributed by atoms with Crippen LogP contribution in [0.5, 0.6) is 0 Å². The molecule has 4 aliphatic rings. The lowest BCUT2D eigenvalue weighted by atomic mass is 9.79. The Morgan fingerprint density at radius 3 is 2.69 bits per heavy atom. The van der Waals surface area contributed by atoms with Gasteiger partial charge >= 0.3 is 0 Å². The molecule has 4 N–H and O–H groups in total. The highest BCUT2D eigenvalue weighted by Crippen LogP contribution is 2.34. The van der Waals surface area contributed by atoms with E-state index in [1.807, 2.05) is 12.1 Å². The van der Waals surface area contributed by atoms with E-state index in [4.69, 9.17) is 0 Å². The van der Waals surface area contributed by atoms with Crippen LogP contribution in [0.25, 0.3) is 0 Å². The molecular weight excluding hydrogens is 369 g/mol. The first-order chi connectivity index (χ1) is 14.2. The molecule has 1 aromatic rings. The van der Waals surface area contributed by atoms with Crippen molar-refractivity contribution in [3.63, 3.8) is 0 Å². The minimum Gasteiger partial charge on any atom is -0.341 e. The number of carbonyl (C=O) groups is 1. The van der Waals surface area contributed by atoms with E-state index < -0.39 is 0 Å². The van der Waals surface area contributed by atoms with Gasteiger partial charge in [-0.1, -0.05) is 25.0 Å². The van der Waals surface area contributed by atoms with Crippen molar-refractivity contribution in [3.8, 4) is 0 Å². The molecule has 3 saturated heterocycles. The predicted molar refractivity (Wildman–Crippen MR) is 109 cm³/mol. The van der Waals surface area contributed by atoms with Crippen molar-refractivity contribution in [2.45, 2.75) is 62.6 Å². The molecule has 3 aliphatic heterocycles. The number of piperidine rings is 1. The number of hydrogen-bond acceptors (Lipinski definition) is 5. The van der Waals surface area contributed by atoms with Gasteiger partial charge in [-0.25, -0.2) is 9.82 Å². The molecule has 5 rings (SSSR count). The summed E-state index contributed by atoms with van der Waals surface area (Å²) in [6.07, 6.45) is 6.95. The van der Waals surface area contributed by atoms with E-state index in [0.717, 1.165) is 44.5 Å². The third-order valence-corrected chi connectivity index (χ3v) is 7.54. The number of fused-ring (bicyclic) bond motifs is 1. The maximum atomic E-state index is 13.4. The summed E-state index contributed by atoms with van der Waals surface area (Å²) in [5.74, 6) is 1.19. The van der Waals surface area contributed by atoms with E-state index in [0.29, 0.717) is 23.8 Å². The summed E-state index contributed by atoms with van der Waals surface area (Å²) >= 11 is 0. The number of hydrazine groups is 2. The molecule has 0 spiro atoms. The number of nitrogens with one attached hydrogen (secondary N) is 4. The lowest BCUT2D eigenvalue weighted by Crippen LogP contribution is -2.53. The number of amides is 1. The highest BCUT2D eigenvalue weighted by atomic mass is 19.1. The van der Waals surface area contributed by atoms with Crippen LogP contribution in [0.2, 0.25) is 0 Å². The maximum absolute atomic E-state index is 13.4. The maximum Gasteiger partial charge on any atom is 0.241 e. The van der Waals surface area contributed by atoms with Crippen molar-refractivity contribution in [2.75, 3.05) is 19.6 Å². The van der Waals surface area contributed by atoms with Crippen LogP contribution in [-0.4, -0.2) is 48.6 Å². The summed E-state index contributed by atoms with van der Waals surface area (Å²) in [6.45, 7) is 2.48. The minimum absolute atomic E-state index is 0.0818. The average molecular weight is 402 g/mol. The second-order valence-corrected chi connectivity index (χ2v) is 9.22. The number of benzene rings is 1. The molecule has 29 heavy (non-hydrogen) atoms. The first-order valence-corrected chi connectivity index (χ1v) is 11.2. The molecule has 1 saturated carbocycles. The molecular formula is C22H32FN5O. The smallest absolute Gasteiger partial charge is 0.241 e. The van der Waals surface area contributed by atoms with Crippen LogP contribution in [0.1, 0.15) is 50.0 Å². The van der Waals surface area contributed by atoms with Gasteiger partial charge in [0.2, 0.25) is 5.91 Å². The number of carbonyl (C=O) groups excluding carboxylic acids is 1. The van der Waals surface area contributed by atoms with Gasteiger partial charge in [-0.15, -0.1) is 0 Å². The highest BCUT2D eigenvalue weighted by Gasteiger charge is 2.44. The summed E-state index contributed by atoms with van der Waals surface area (Å²) in [6, 6.07) is 7.49. The molecule has 0 bridgehead atoms. The molecule has 1 aliphatic carbocycles. The monoisotopic (exact) mass is 401 g/mol. The van der Waals surface area contributed by atoms with Gasteiger partial charge in [0.25, 0.3) is 0 Å². The Bertz CT molecular complexity index is 728. The molecule has 158 valence electrons. The van der Waals surface area contributed by atoms with Crippen LogP contribution in [0.3, 0.4) is 0 Å². The van der Waals surface area contributed by atoms with Gasteiger partial charge in [-0.2, -0.15) is 0 Å². The number of rotatable bonds is 3. The molecule has 0 radical (unpaired) electrons. The zero-order chi connectivity index (χ0) is 19.8. The number of halogens is 1. The number of likely N-dealkylation sites (tertiary alicyclic amines) is 1. The lowest BCUT2D eigenvalue weighted by Gasteiger charge is -2.39. The molecule has 1 aromatic carbocycles. The van der Waals surface area contributed by atoms with Crippen molar-refractivity contribution < 1.29 is 9.18 Å². The third kappa shape index (κ3) is 3.81. The first-order valence-electron chi connectivity index (χ1n) is 11.2. The Labute approximate surface area is 171 Å². The van der Waals surface area contributed by atoms with Gasteiger partial charge in [0, 0.05) is 43.6 Å². The standard InChI is InChI=1S/C22H32FN5O/c23-16-9-7-14(8-10-16)18-12-24-26-20(18)15-4-3-11-28(13-15)22(29)21-17-5-1-2-6-19(17)25-27-21/h7-10,15,17-21,24-27H,1-6,11-13H2. The predicted octanol–water partition coefficient (Wildman–Crippen LogP) is 1.66. The van der Waals surface area contributed by atoms with E-state index in [2.05, 4.69) is 26.6 Å². The van der Waals surface area contributed by atoms with Crippen molar-refractivity contribution in [1.29, 1.82) is 0 Å². The minimum atomic E-state index is -0.197. The zero-order valence-electron chi connectivity index (χ0n) is 16.9. The molecule has 1 amide bonds. The normalized spacial score (nSPS) is 37.5. The third-order valence-electron chi connectivity index (χ3n) is 7.54. The number of hydrogen-bond donors (Lipinski definition) is 4. The van der Waals surface area contributed by atoms with E-state index in [1.165, 1.54) is 19.3 Å². The summed E-state index contributed by atoms with van der Waals surface area (Å²) < 4.78 is 13.3. The van der Waals surface area contributed by atoms with Crippen LogP contribution in [0.4, 0.5) is 4.39 Å². The summed E-state index contributed by atoms with van der Waals surface area (Å²) in [5.41, 5.74) is 14.6. The summed E-state index contributed by atoms with van der Waals surface area (Å²) in [4.78, 5) is 15.4. The summed E-state index contributed by atoms with van der Waals surface area (Å²) in [7, 11) is 0.